The van der Waals surface area contributed by atoms with E-state index in [9.17, 15) is 0 Å². The summed E-state index contributed by atoms with van der Waals surface area (Å²) in [6.07, 6.45) is 3.85. The predicted molar refractivity (Wildman–Crippen MR) is 123 cm³/mol. The Labute approximate surface area is 182 Å². The van der Waals surface area contributed by atoms with Gasteiger partial charge >= 0.3 is 0 Å². The van der Waals surface area contributed by atoms with Gasteiger partial charge in [0.15, 0.2) is 0 Å². The highest BCUT2D eigenvalue weighted by Crippen LogP contribution is 2.37. The van der Waals surface area contributed by atoms with E-state index in [4.69, 9.17) is 15.7 Å². The van der Waals surface area contributed by atoms with Crippen molar-refractivity contribution in [2.75, 3.05) is 12.9 Å². The van der Waals surface area contributed by atoms with Crippen molar-refractivity contribution < 1.29 is 4.74 Å². The molecule has 0 spiro atoms. The van der Waals surface area contributed by atoms with Crippen LogP contribution in [0.5, 0.6) is 5.75 Å². The topological polar surface area (TPSA) is 76.9 Å². The first-order chi connectivity index (χ1) is 14.3. The van der Waals surface area contributed by atoms with E-state index in [0.717, 1.165) is 22.8 Å². The molecule has 30 heavy (non-hydrogen) atoms. The molecule has 1 atom stereocenters. The van der Waals surface area contributed by atoms with Gasteiger partial charge in [0.05, 0.1) is 30.6 Å². The lowest BCUT2D eigenvalue weighted by Crippen LogP contribution is -2.37. The summed E-state index contributed by atoms with van der Waals surface area (Å²) in [5.41, 5.74) is 9.88. The van der Waals surface area contributed by atoms with Crippen LogP contribution in [-0.4, -0.2) is 22.4 Å². The lowest BCUT2D eigenvalue weighted by molar-refractivity contribution is 0.414. The minimum atomic E-state index is -0.272. The van der Waals surface area contributed by atoms with Gasteiger partial charge in [-0.3, -0.25) is 0 Å². The summed E-state index contributed by atoms with van der Waals surface area (Å²) in [5.74, 6) is 2.91. The molecule has 0 radical (unpaired) electrons. The fourth-order valence-corrected chi connectivity index (χ4v) is 4.67. The second kappa shape index (κ2) is 8.95. The third-order valence-electron chi connectivity index (χ3n) is 5.35. The summed E-state index contributed by atoms with van der Waals surface area (Å²) >= 11 is 1.93. The Kier molecular flexibility index (Phi) is 6.55. The average Bonchev–Trinajstić information content (AvgIpc) is 3.24. The summed E-state index contributed by atoms with van der Waals surface area (Å²) in [6, 6.07) is 17.8. The van der Waals surface area contributed by atoms with Crippen LogP contribution < -0.4 is 10.5 Å². The van der Waals surface area contributed by atoms with E-state index in [1.807, 2.05) is 86.7 Å². The molecule has 1 aromatic heterocycles. The number of hydrogen-bond donors (Lipinski definition) is 1. The largest absolute Gasteiger partial charge is 0.497 e. The summed E-state index contributed by atoms with van der Waals surface area (Å²) in [7, 11) is 1.66. The Morgan fingerprint density at radius 2 is 1.83 bits per heavy atom. The second-order valence-corrected chi connectivity index (χ2v) is 9.15. The number of aromatic nitrogens is 2. The van der Waals surface area contributed by atoms with Gasteiger partial charge in [0.2, 0.25) is 0 Å². The van der Waals surface area contributed by atoms with Gasteiger partial charge in [0.25, 0.3) is 0 Å². The molecule has 0 saturated carbocycles. The van der Waals surface area contributed by atoms with E-state index in [1.54, 1.807) is 7.11 Å². The van der Waals surface area contributed by atoms with Crippen LogP contribution in [0.3, 0.4) is 0 Å². The maximum atomic E-state index is 8.86. The SMILES string of the molecule is CC1(c2ccc(C#N)cc2)CSCc2cncn21.COc1ccc(C(C)(C)N)cc1. The average molecular weight is 421 g/mol. The Hall–Kier alpha value is -2.75. The van der Waals surface area contributed by atoms with Crippen LogP contribution in [0, 0.1) is 11.3 Å². The minimum absolute atomic E-state index is 0.0667. The number of ether oxygens (including phenoxy) is 1. The van der Waals surface area contributed by atoms with Crippen molar-refractivity contribution in [2.24, 2.45) is 5.73 Å². The van der Waals surface area contributed by atoms with Gasteiger partial charge in [-0.2, -0.15) is 17.0 Å². The maximum absolute atomic E-state index is 8.86. The van der Waals surface area contributed by atoms with Crippen LogP contribution in [0.15, 0.2) is 61.1 Å². The maximum Gasteiger partial charge on any atom is 0.118 e. The van der Waals surface area contributed by atoms with Crippen molar-refractivity contribution in [1.29, 1.82) is 5.26 Å². The molecule has 2 N–H and O–H groups in total. The van der Waals surface area contributed by atoms with Crippen LogP contribution in [0.25, 0.3) is 0 Å². The molecular weight excluding hydrogens is 392 g/mol. The van der Waals surface area contributed by atoms with E-state index in [1.165, 1.54) is 11.3 Å². The molecule has 0 aliphatic carbocycles. The minimum Gasteiger partial charge on any atom is -0.497 e. The number of rotatable bonds is 3. The van der Waals surface area contributed by atoms with Gasteiger partial charge in [-0.25, -0.2) is 4.98 Å². The van der Waals surface area contributed by atoms with Gasteiger partial charge in [-0.05, 0) is 56.2 Å². The summed E-state index contributed by atoms with van der Waals surface area (Å²) in [6.45, 7) is 6.19. The molecule has 1 unspecified atom stereocenters. The van der Waals surface area contributed by atoms with Crippen molar-refractivity contribution in [3.63, 3.8) is 0 Å². The van der Waals surface area contributed by atoms with Gasteiger partial charge < -0.3 is 15.0 Å². The Balaban J connectivity index is 0.000000187. The lowest BCUT2D eigenvalue weighted by atomic mass is 9.92. The number of thioether (sulfide) groups is 1. The molecular formula is C24H28N4OS. The smallest absolute Gasteiger partial charge is 0.118 e. The van der Waals surface area contributed by atoms with Crippen LogP contribution in [0.4, 0.5) is 0 Å². The van der Waals surface area contributed by atoms with E-state index >= 15 is 0 Å². The molecule has 156 valence electrons. The molecule has 3 aromatic rings. The molecule has 6 heteroatoms. The lowest BCUT2D eigenvalue weighted by Gasteiger charge is -2.36. The molecule has 0 fully saturated rings. The zero-order valence-corrected chi connectivity index (χ0v) is 18.7. The number of hydrogen-bond acceptors (Lipinski definition) is 5. The summed E-state index contributed by atoms with van der Waals surface area (Å²) in [4.78, 5) is 4.26. The van der Waals surface area contributed by atoms with Gasteiger partial charge in [-0.15, -0.1) is 0 Å². The molecule has 2 heterocycles. The fourth-order valence-electron chi connectivity index (χ4n) is 3.44. The predicted octanol–water partition coefficient (Wildman–Crippen LogP) is 4.65. The van der Waals surface area contributed by atoms with Crippen LogP contribution >= 0.6 is 11.8 Å². The monoisotopic (exact) mass is 420 g/mol. The Bertz CT molecular complexity index is 1010. The zero-order valence-electron chi connectivity index (χ0n) is 17.9. The number of nitrogens with two attached hydrogens (primary N) is 1. The van der Waals surface area contributed by atoms with Crippen molar-refractivity contribution in [3.8, 4) is 11.8 Å². The second-order valence-electron chi connectivity index (χ2n) is 8.16. The summed E-state index contributed by atoms with van der Waals surface area (Å²) in [5, 5.41) is 8.86. The first-order valence-electron chi connectivity index (χ1n) is 9.81. The van der Waals surface area contributed by atoms with Crippen LogP contribution in [-0.2, 0) is 16.8 Å². The Morgan fingerprint density at radius 1 is 1.17 bits per heavy atom. The van der Waals surface area contributed by atoms with Crippen molar-refractivity contribution in [2.45, 2.75) is 37.6 Å². The number of imidazole rings is 1. The highest BCUT2D eigenvalue weighted by molar-refractivity contribution is 7.98. The van der Waals surface area contributed by atoms with E-state index in [0.29, 0.717) is 5.56 Å². The quantitative estimate of drug-likeness (QED) is 0.667. The normalized spacial score (nSPS) is 17.9. The first-order valence-corrected chi connectivity index (χ1v) is 11.0. The number of benzene rings is 2. The van der Waals surface area contributed by atoms with E-state index < -0.39 is 0 Å². The van der Waals surface area contributed by atoms with Crippen molar-refractivity contribution in [3.05, 3.63) is 83.4 Å². The highest BCUT2D eigenvalue weighted by Gasteiger charge is 2.33. The molecule has 5 nitrogen and oxygen atoms in total. The Morgan fingerprint density at radius 3 is 2.40 bits per heavy atom. The van der Waals surface area contributed by atoms with Crippen LogP contribution in [0.1, 0.15) is 43.2 Å². The molecule has 4 rings (SSSR count). The molecule has 0 saturated heterocycles. The highest BCUT2D eigenvalue weighted by atomic mass is 32.2. The van der Waals surface area contributed by atoms with E-state index in [-0.39, 0.29) is 11.1 Å². The molecule has 1 aliphatic rings. The van der Waals surface area contributed by atoms with E-state index in [2.05, 4.69) is 22.5 Å². The van der Waals surface area contributed by atoms with Gasteiger partial charge in [0, 0.05) is 28.9 Å². The molecule has 2 aromatic carbocycles. The number of methoxy groups -OCH3 is 1. The van der Waals surface area contributed by atoms with Gasteiger partial charge in [-0.1, -0.05) is 24.3 Å². The van der Waals surface area contributed by atoms with Gasteiger partial charge in [0.1, 0.15) is 5.75 Å². The first kappa shape index (κ1) is 21.9. The number of nitriles is 1. The molecule has 1 aliphatic heterocycles. The van der Waals surface area contributed by atoms with Crippen molar-refractivity contribution in [1.82, 2.24) is 9.55 Å². The molecule has 0 amide bonds. The standard InChI is InChI=1S/C14H13N3S.C10H15NO/c1-14(12-4-2-11(6-15)3-5-12)9-18-8-13-7-16-10-17(13)14;1-10(2,11)8-4-6-9(12-3)7-5-8/h2-5,7,10H,8-9H2,1H3;4-7H,11H2,1-3H3. The number of nitrogens with zero attached hydrogens (tertiary/aromatic N) is 3. The molecule has 0 bridgehead atoms. The third-order valence-corrected chi connectivity index (χ3v) is 6.62. The summed E-state index contributed by atoms with van der Waals surface area (Å²) < 4.78 is 7.30. The van der Waals surface area contributed by atoms with Crippen LogP contribution in [0.2, 0.25) is 0 Å². The zero-order chi connectivity index (χ0) is 21.8. The van der Waals surface area contributed by atoms with Crippen molar-refractivity contribution >= 4 is 11.8 Å². The third kappa shape index (κ3) is 4.69. The fraction of sp³-hybridized carbons (Fsp3) is 0.333. The number of fused-ring (bicyclic) bond motifs is 1.